The van der Waals surface area contributed by atoms with Crippen LogP contribution in [0.15, 0.2) is 35.1 Å². The molecule has 3 heterocycles. The largest absolute Gasteiger partial charge is 0.381 e. The van der Waals surface area contributed by atoms with Gasteiger partial charge in [-0.15, -0.1) is 0 Å². The van der Waals surface area contributed by atoms with Gasteiger partial charge in [0.05, 0.1) is 5.69 Å². The average molecular weight is 483 g/mol. The van der Waals surface area contributed by atoms with Gasteiger partial charge in [0.15, 0.2) is 23.1 Å². The molecule has 2 aliphatic rings. The standard InChI is InChI=1S/C27H32F2N4O2/c28-21-7-6-20(16-22(21)29)23-8-9-24-26(32-23)33(17-19-4-2-1-3-5-19)27(34)25(31-24)30-13-10-18-11-14-35-15-12-18/h6-9,16,18-19H,1-5,10-15,17H2,(H,30,31). The minimum absolute atomic E-state index is 0.176. The van der Waals surface area contributed by atoms with Gasteiger partial charge in [0.25, 0.3) is 5.56 Å². The highest BCUT2D eigenvalue weighted by molar-refractivity contribution is 5.76. The number of nitrogens with one attached hydrogen (secondary N) is 1. The summed E-state index contributed by atoms with van der Waals surface area (Å²) in [6.45, 7) is 2.88. The molecule has 6 nitrogen and oxygen atoms in total. The zero-order chi connectivity index (χ0) is 24.2. The molecule has 1 aromatic carbocycles. The van der Waals surface area contributed by atoms with Crippen LogP contribution in [-0.4, -0.2) is 34.3 Å². The van der Waals surface area contributed by atoms with Crippen LogP contribution in [0.1, 0.15) is 51.4 Å². The lowest BCUT2D eigenvalue weighted by atomic mass is 9.89. The Morgan fingerprint density at radius 2 is 1.74 bits per heavy atom. The van der Waals surface area contributed by atoms with Crippen molar-refractivity contribution in [3.63, 3.8) is 0 Å². The van der Waals surface area contributed by atoms with Crippen molar-refractivity contribution in [1.29, 1.82) is 0 Å². The molecule has 5 rings (SSSR count). The van der Waals surface area contributed by atoms with E-state index < -0.39 is 11.6 Å². The normalized spacial score (nSPS) is 17.7. The highest BCUT2D eigenvalue weighted by Crippen LogP contribution is 2.27. The maximum Gasteiger partial charge on any atom is 0.294 e. The van der Waals surface area contributed by atoms with Crippen molar-refractivity contribution < 1.29 is 13.5 Å². The summed E-state index contributed by atoms with van der Waals surface area (Å²) in [4.78, 5) is 22.9. The Morgan fingerprint density at radius 1 is 0.943 bits per heavy atom. The van der Waals surface area contributed by atoms with E-state index in [1.54, 1.807) is 16.7 Å². The molecule has 2 aromatic heterocycles. The van der Waals surface area contributed by atoms with E-state index in [4.69, 9.17) is 9.72 Å². The van der Waals surface area contributed by atoms with Crippen LogP contribution in [-0.2, 0) is 11.3 Å². The molecule has 0 unspecified atom stereocenters. The van der Waals surface area contributed by atoms with Crippen LogP contribution in [0.3, 0.4) is 0 Å². The van der Waals surface area contributed by atoms with Gasteiger partial charge in [0.1, 0.15) is 5.52 Å². The second-order valence-electron chi connectivity index (χ2n) is 9.82. The highest BCUT2D eigenvalue weighted by Gasteiger charge is 2.20. The number of nitrogens with zero attached hydrogens (tertiary/aromatic N) is 3. The summed E-state index contributed by atoms with van der Waals surface area (Å²) >= 11 is 0. The number of hydrogen-bond donors (Lipinski definition) is 1. The number of rotatable bonds is 7. The van der Waals surface area contributed by atoms with E-state index in [1.165, 1.54) is 25.3 Å². The molecule has 1 aliphatic heterocycles. The second kappa shape index (κ2) is 10.8. The molecule has 0 atom stereocenters. The van der Waals surface area contributed by atoms with Crippen LogP contribution in [0.25, 0.3) is 22.4 Å². The summed E-state index contributed by atoms with van der Waals surface area (Å²) in [6.07, 6.45) is 8.83. The zero-order valence-corrected chi connectivity index (χ0v) is 19.9. The average Bonchev–Trinajstić information content (AvgIpc) is 2.89. The first kappa shape index (κ1) is 23.9. The fourth-order valence-corrected chi connectivity index (χ4v) is 5.28. The monoisotopic (exact) mass is 482 g/mol. The van der Waals surface area contributed by atoms with Crippen molar-refractivity contribution in [2.45, 2.75) is 57.9 Å². The van der Waals surface area contributed by atoms with E-state index in [9.17, 15) is 13.6 Å². The second-order valence-corrected chi connectivity index (χ2v) is 9.82. The molecule has 1 saturated heterocycles. The van der Waals surface area contributed by atoms with E-state index in [0.717, 1.165) is 57.5 Å². The third kappa shape index (κ3) is 5.53. The third-order valence-electron chi connectivity index (χ3n) is 7.36. The lowest BCUT2D eigenvalue weighted by Gasteiger charge is -2.24. The van der Waals surface area contributed by atoms with E-state index in [0.29, 0.717) is 53.2 Å². The minimum Gasteiger partial charge on any atom is -0.381 e. The van der Waals surface area contributed by atoms with Gasteiger partial charge in [0, 0.05) is 31.9 Å². The Labute approximate surface area is 203 Å². The lowest BCUT2D eigenvalue weighted by Crippen LogP contribution is -2.30. The molecule has 0 bridgehead atoms. The molecule has 1 saturated carbocycles. The highest BCUT2D eigenvalue weighted by atomic mass is 19.2. The number of anilines is 1. The fourth-order valence-electron chi connectivity index (χ4n) is 5.28. The van der Waals surface area contributed by atoms with Crippen molar-refractivity contribution in [3.8, 4) is 11.3 Å². The molecule has 1 aliphatic carbocycles. The molecule has 8 heteroatoms. The third-order valence-corrected chi connectivity index (χ3v) is 7.36. The summed E-state index contributed by atoms with van der Waals surface area (Å²) in [5.41, 5.74) is 1.86. The van der Waals surface area contributed by atoms with Gasteiger partial charge in [-0.3, -0.25) is 9.36 Å². The molecule has 0 amide bonds. The van der Waals surface area contributed by atoms with Crippen molar-refractivity contribution in [2.75, 3.05) is 25.1 Å². The Bertz CT molecular complexity index is 1230. The number of hydrogen-bond acceptors (Lipinski definition) is 5. The number of benzene rings is 1. The topological polar surface area (TPSA) is 69.0 Å². The van der Waals surface area contributed by atoms with Crippen molar-refractivity contribution in [3.05, 3.63) is 52.3 Å². The SMILES string of the molecule is O=c1c(NCCC2CCOCC2)nc2ccc(-c3ccc(F)c(F)c3)nc2n1CC1CCCCC1. The number of pyridine rings is 1. The molecule has 2 fully saturated rings. The summed E-state index contributed by atoms with van der Waals surface area (Å²) in [5, 5.41) is 3.29. The molecule has 1 N–H and O–H groups in total. The van der Waals surface area contributed by atoms with Crippen LogP contribution < -0.4 is 10.9 Å². The van der Waals surface area contributed by atoms with Gasteiger partial charge in [-0.2, -0.15) is 0 Å². The van der Waals surface area contributed by atoms with Crippen LogP contribution in [0.2, 0.25) is 0 Å². The molecule has 35 heavy (non-hydrogen) atoms. The lowest BCUT2D eigenvalue weighted by molar-refractivity contribution is 0.0649. The van der Waals surface area contributed by atoms with E-state index in [-0.39, 0.29) is 5.56 Å². The maximum absolute atomic E-state index is 13.9. The van der Waals surface area contributed by atoms with Crippen molar-refractivity contribution in [2.24, 2.45) is 11.8 Å². The molecule has 0 radical (unpaired) electrons. The molecular formula is C27H32F2N4O2. The van der Waals surface area contributed by atoms with Gasteiger partial charge in [-0.1, -0.05) is 19.3 Å². The van der Waals surface area contributed by atoms with E-state index in [1.807, 2.05) is 0 Å². The minimum atomic E-state index is -0.925. The quantitative estimate of drug-likeness (QED) is 0.479. The van der Waals surface area contributed by atoms with Crippen LogP contribution in [0.5, 0.6) is 0 Å². The predicted octanol–water partition coefficient (Wildman–Crippen LogP) is 5.55. The molecule has 186 valence electrons. The number of ether oxygens (including phenoxy) is 1. The van der Waals surface area contributed by atoms with Gasteiger partial charge < -0.3 is 10.1 Å². The van der Waals surface area contributed by atoms with Crippen LogP contribution in [0.4, 0.5) is 14.6 Å². The molecular weight excluding hydrogens is 450 g/mol. The first-order valence-corrected chi connectivity index (χ1v) is 12.8. The summed E-state index contributed by atoms with van der Waals surface area (Å²) < 4.78 is 34.5. The van der Waals surface area contributed by atoms with Crippen LogP contribution >= 0.6 is 0 Å². The fraction of sp³-hybridized carbons (Fsp3) is 0.519. The van der Waals surface area contributed by atoms with E-state index >= 15 is 0 Å². The van der Waals surface area contributed by atoms with E-state index in [2.05, 4.69) is 10.3 Å². The van der Waals surface area contributed by atoms with Gasteiger partial charge >= 0.3 is 0 Å². The van der Waals surface area contributed by atoms with Gasteiger partial charge in [-0.25, -0.2) is 18.7 Å². The number of aromatic nitrogens is 3. The van der Waals surface area contributed by atoms with Crippen molar-refractivity contribution >= 4 is 17.0 Å². The Kier molecular flexibility index (Phi) is 7.37. The van der Waals surface area contributed by atoms with Gasteiger partial charge in [0.2, 0.25) is 0 Å². The van der Waals surface area contributed by atoms with Crippen LogP contribution in [0, 0.1) is 23.5 Å². The summed E-state index contributed by atoms with van der Waals surface area (Å²) in [7, 11) is 0. The number of halogens is 2. The zero-order valence-electron chi connectivity index (χ0n) is 19.9. The maximum atomic E-state index is 13.9. The Balaban J connectivity index is 1.47. The smallest absolute Gasteiger partial charge is 0.294 e. The number of fused-ring (bicyclic) bond motifs is 1. The Morgan fingerprint density at radius 3 is 2.51 bits per heavy atom. The summed E-state index contributed by atoms with van der Waals surface area (Å²) in [6, 6.07) is 7.26. The molecule has 3 aromatic rings. The predicted molar refractivity (Wildman–Crippen MR) is 132 cm³/mol. The molecule has 0 spiro atoms. The first-order chi connectivity index (χ1) is 17.1. The van der Waals surface area contributed by atoms with Crippen molar-refractivity contribution in [1.82, 2.24) is 14.5 Å². The summed E-state index contributed by atoms with van der Waals surface area (Å²) in [5.74, 6) is -0.465. The van der Waals surface area contributed by atoms with Gasteiger partial charge in [-0.05, 0) is 74.3 Å². The first-order valence-electron chi connectivity index (χ1n) is 12.8. The Hall–Kier alpha value is -2.87.